The maximum atomic E-state index is 14.8. The lowest BCUT2D eigenvalue weighted by Gasteiger charge is -2.82. The van der Waals surface area contributed by atoms with E-state index in [0.29, 0.717) is 19.4 Å². The van der Waals surface area contributed by atoms with Crippen molar-refractivity contribution in [1.82, 2.24) is 42.5 Å². The average molecular weight is 1700 g/mol. The van der Waals surface area contributed by atoms with Gasteiger partial charge in [-0.05, 0) is 31.6 Å². The van der Waals surface area contributed by atoms with Crippen molar-refractivity contribution >= 4 is 47.3 Å². The average Bonchev–Trinajstić information content (AvgIpc) is 0.636. The molecule has 118 heavy (non-hydrogen) atoms. The van der Waals surface area contributed by atoms with Crippen molar-refractivity contribution in [1.29, 1.82) is 0 Å². The number of aliphatic hydroxyl groups excluding tert-OH is 9. The van der Waals surface area contributed by atoms with E-state index in [4.69, 9.17) is 81.7 Å². The highest BCUT2D eigenvalue weighted by molar-refractivity contribution is 5.85. The molecule has 676 valence electrons. The second kappa shape index (κ2) is 42.9. The molecule has 43 heteroatoms. The Kier molecular flexibility index (Phi) is 35.0. The molecule has 0 aromatic rings. The fraction of sp³-hybridized carbons (Fsp3) is 0.893. The van der Waals surface area contributed by atoms with Crippen LogP contribution in [0.1, 0.15) is 87.0 Å². The number of amides is 8. The number of rotatable bonds is 63. The Morgan fingerprint density at radius 2 is 0.720 bits per heavy atom. The molecule has 9 rings (SSSR count). The molecule has 0 aromatic carbocycles. The Hall–Kier alpha value is -5.32. The van der Waals surface area contributed by atoms with E-state index in [1.807, 2.05) is 13.8 Å². The Morgan fingerprint density at radius 3 is 1.03 bits per heavy atom. The van der Waals surface area contributed by atoms with Crippen LogP contribution in [0.2, 0.25) is 0 Å². The minimum Gasteiger partial charge on any atom is -0.396 e. The van der Waals surface area contributed by atoms with E-state index in [0.717, 1.165) is 0 Å². The van der Waals surface area contributed by atoms with Crippen molar-refractivity contribution in [3.8, 4) is 0 Å². The number of hydrogen-bond donors (Lipinski definition) is 18. The molecule has 6 aliphatic carbocycles. The van der Waals surface area contributed by atoms with Crippen LogP contribution in [0.15, 0.2) is 0 Å². The van der Waals surface area contributed by atoms with E-state index in [1.54, 1.807) is 13.8 Å². The van der Waals surface area contributed by atoms with Crippen LogP contribution in [0.25, 0.3) is 0 Å². The zero-order valence-electron chi connectivity index (χ0n) is 68.4. The van der Waals surface area contributed by atoms with E-state index in [1.165, 1.54) is 20.8 Å². The summed E-state index contributed by atoms with van der Waals surface area (Å²) >= 11 is 0. The molecule has 3 aliphatic heterocycles. The molecule has 22 unspecified atom stereocenters. The molecule has 9 fully saturated rings. The van der Waals surface area contributed by atoms with Gasteiger partial charge in [0.05, 0.1) is 211 Å². The molecule has 3 heterocycles. The molecule has 3 saturated heterocycles. The molecule has 8 amide bonds. The summed E-state index contributed by atoms with van der Waals surface area (Å²) in [5.41, 5.74) is -9.96. The van der Waals surface area contributed by atoms with E-state index in [2.05, 4.69) is 47.4 Å². The fourth-order valence-corrected chi connectivity index (χ4v) is 18.5. The summed E-state index contributed by atoms with van der Waals surface area (Å²) in [6.45, 7) is 10.9. The van der Waals surface area contributed by atoms with Gasteiger partial charge in [-0.15, -0.1) is 0 Å². The van der Waals surface area contributed by atoms with Crippen molar-refractivity contribution in [2.75, 3.05) is 198 Å². The standard InChI is InChI=1S/C75H127N9O34/c1-8-68(7,114-21-13-67(5,6)12-14-77-50(94)37-115-76)63(101)84-69(41-108-18-9-47(91)78-15-22-102-25-28-105-31-34-111-64-73(81-44(2)88)54-51(95)57(98)70(54,38-85)60(73)116-64,42-109-19-10-48(92)79-16-23-103-26-29-106-32-35-112-65-74(82-45(3)89)55-52(96)58(99)71(55,39-86)61(74)117-65)43-110-20-11-49(93)80-17-24-104-27-30-107-33-36-113-66-75(83-46(4)90)56-53(97)59(100)72(56,40-87)62(75)118-66/h51-62,64-66,85-87,95-100H,8-43,76H2,1-7H3,(H,77,94)(H,78,91)(H,79,92)(H,80,93)(H,81,88)(H,82,89)(H,83,90)(H,84,101). The van der Waals surface area contributed by atoms with Crippen molar-refractivity contribution < 1.29 is 165 Å². The maximum Gasteiger partial charge on any atom is 0.252 e. The van der Waals surface area contributed by atoms with Crippen molar-refractivity contribution in [3.05, 3.63) is 0 Å². The lowest BCUT2D eigenvalue weighted by atomic mass is 9.32. The molecule has 43 nitrogen and oxygen atoms in total. The van der Waals surface area contributed by atoms with E-state index in [-0.39, 0.29) is 226 Å². The highest BCUT2D eigenvalue weighted by atomic mass is 16.7. The van der Waals surface area contributed by atoms with Gasteiger partial charge >= 0.3 is 0 Å². The van der Waals surface area contributed by atoms with Gasteiger partial charge in [0, 0.05) is 90.6 Å². The summed E-state index contributed by atoms with van der Waals surface area (Å²) < 4.78 is 93.8. The second-order valence-electron chi connectivity index (χ2n) is 32.7. The van der Waals surface area contributed by atoms with Crippen LogP contribution in [0.4, 0.5) is 0 Å². The first-order chi connectivity index (χ1) is 56.4. The number of carbonyl (C=O) groups excluding carboxylic acids is 8. The van der Waals surface area contributed by atoms with Gasteiger partial charge in [0.1, 0.15) is 52.7 Å². The van der Waals surface area contributed by atoms with Crippen LogP contribution in [0.3, 0.4) is 0 Å². The Labute approximate surface area is 684 Å². The first-order valence-electron chi connectivity index (χ1n) is 40.5. The van der Waals surface area contributed by atoms with Gasteiger partial charge in [0.2, 0.25) is 41.4 Å². The minimum atomic E-state index is -1.55. The van der Waals surface area contributed by atoms with Gasteiger partial charge in [-0.3, -0.25) is 43.2 Å². The monoisotopic (exact) mass is 1700 g/mol. The lowest BCUT2D eigenvalue weighted by Crippen LogP contribution is -3.01. The Bertz CT molecular complexity index is 3040. The summed E-state index contributed by atoms with van der Waals surface area (Å²) in [5, 5.41) is 116. The van der Waals surface area contributed by atoms with Gasteiger partial charge in [-0.25, -0.2) is 5.90 Å². The van der Waals surface area contributed by atoms with Gasteiger partial charge in [0.25, 0.3) is 5.91 Å². The minimum absolute atomic E-state index is 0.0491. The van der Waals surface area contributed by atoms with Crippen LogP contribution >= 0.6 is 0 Å². The number of nitrogens with two attached hydrogens (primary N) is 1. The summed E-state index contributed by atoms with van der Waals surface area (Å²) in [6, 6.07) is 0. The molecule has 0 bridgehead atoms. The highest BCUT2D eigenvalue weighted by Gasteiger charge is 2.93. The first-order valence-corrected chi connectivity index (χ1v) is 40.5. The summed E-state index contributed by atoms with van der Waals surface area (Å²) in [4.78, 5) is 107. The topological polar surface area (TPSA) is 598 Å². The van der Waals surface area contributed by atoms with Crippen LogP contribution in [0.5, 0.6) is 0 Å². The molecular weight excluding hydrogens is 1570 g/mol. The van der Waals surface area contributed by atoms with Crippen LogP contribution in [-0.4, -0.2) is 393 Å². The van der Waals surface area contributed by atoms with Gasteiger partial charge in [0.15, 0.2) is 18.9 Å². The predicted molar refractivity (Wildman–Crippen MR) is 400 cm³/mol. The molecule has 9 aliphatic rings. The quantitative estimate of drug-likeness (QED) is 0.0199. The molecular formula is C75H127N9O34. The van der Waals surface area contributed by atoms with Crippen LogP contribution in [-0.2, 0) is 119 Å². The van der Waals surface area contributed by atoms with Crippen molar-refractivity contribution in [3.63, 3.8) is 0 Å². The smallest absolute Gasteiger partial charge is 0.252 e. The summed E-state index contributed by atoms with van der Waals surface area (Å²) in [6.07, 6.45) is -11.4. The number of hydrogen-bond acceptors (Lipinski definition) is 35. The molecule has 0 radical (unpaired) electrons. The third kappa shape index (κ3) is 20.1. The number of fused-ring (bicyclic) bond motifs is 12. The molecule has 6 saturated carbocycles. The zero-order chi connectivity index (χ0) is 85.9. The summed E-state index contributed by atoms with van der Waals surface area (Å²) in [5.74, 6) is -0.264. The van der Waals surface area contributed by atoms with Gasteiger partial charge < -0.3 is 164 Å². The molecule has 19 N–H and O–H groups in total. The van der Waals surface area contributed by atoms with Gasteiger partial charge in [-0.1, -0.05) is 20.8 Å². The Balaban J connectivity index is 0.718. The highest BCUT2D eigenvalue weighted by Crippen LogP contribution is 2.75. The van der Waals surface area contributed by atoms with Crippen LogP contribution < -0.4 is 48.4 Å². The van der Waals surface area contributed by atoms with E-state index >= 15 is 0 Å². The van der Waals surface area contributed by atoms with E-state index in [9.17, 15) is 84.3 Å². The number of nitrogens with one attached hydrogen (secondary N) is 8. The number of aliphatic hydroxyl groups is 9. The zero-order valence-corrected chi connectivity index (χ0v) is 68.4. The third-order valence-electron chi connectivity index (χ3n) is 24.6. The maximum absolute atomic E-state index is 14.8. The second-order valence-corrected chi connectivity index (χ2v) is 32.7. The first kappa shape index (κ1) is 96.5. The van der Waals surface area contributed by atoms with E-state index < -0.39 is 179 Å². The SMILES string of the molecule is CCC(C)(OCCC(C)(C)CCNC(=O)CON)C(=O)NC(COCCC(=O)NCCOCCOCCOC1OC2C3(CO)C(O)C(O)C3C12NC(C)=O)(COCCC(=O)NCCOCCOCCOC1OC2C3(CO)C(O)C(O)C3C12NC(C)=O)COCCC(=O)NCCOCCOCCOC1OC2C3(CO)C(O)C(O)C3C12NC(C)=O. The number of carbonyl (C=O) groups is 8. The largest absolute Gasteiger partial charge is 0.396 e. The summed E-state index contributed by atoms with van der Waals surface area (Å²) in [7, 11) is 0. The molecule has 22 atom stereocenters. The molecule has 0 spiro atoms. The predicted octanol–water partition coefficient (Wildman–Crippen LogP) is -8.61. The third-order valence-corrected chi connectivity index (χ3v) is 24.6. The van der Waals surface area contributed by atoms with Crippen LogP contribution in [0, 0.1) is 39.4 Å². The number of ether oxygens (including phenoxy) is 16. The Morgan fingerprint density at radius 1 is 0.407 bits per heavy atom. The van der Waals surface area contributed by atoms with Crippen molar-refractivity contribution in [2.45, 2.75) is 189 Å². The molecule has 0 aromatic heterocycles. The fourth-order valence-electron chi connectivity index (χ4n) is 18.5. The van der Waals surface area contributed by atoms with Crippen molar-refractivity contribution in [2.24, 2.45) is 45.3 Å². The van der Waals surface area contributed by atoms with Gasteiger partial charge in [-0.2, -0.15) is 0 Å². The normalized spacial score (nSPS) is 33.6. The lowest BCUT2D eigenvalue weighted by molar-refractivity contribution is -0.496.